The molecule has 0 atom stereocenters. The van der Waals surface area contributed by atoms with Gasteiger partial charge in [-0.15, -0.1) is 0 Å². The highest BCUT2D eigenvalue weighted by Crippen LogP contribution is 2.14. The van der Waals surface area contributed by atoms with E-state index in [-0.39, 0.29) is 5.91 Å². The van der Waals surface area contributed by atoms with Gasteiger partial charge in [-0.25, -0.2) is 9.97 Å². The molecule has 2 heterocycles. The van der Waals surface area contributed by atoms with Crippen molar-refractivity contribution in [3.05, 3.63) is 47.8 Å². The Kier molecular flexibility index (Phi) is 4.45. The van der Waals surface area contributed by atoms with E-state index in [9.17, 15) is 4.79 Å². The van der Waals surface area contributed by atoms with Crippen molar-refractivity contribution in [2.24, 2.45) is 0 Å². The molecule has 0 saturated carbocycles. The molecule has 1 N–H and O–H groups in total. The Morgan fingerprint density at radius 3 is 2.70 bits per heavy atom. The van der Waals surface area contributed by atoms with Crippen LogP contribution in [0.2, 0.25) is 0 Å². The number of nitrogens with zero attached hydrogens (tertiary/aromatic N) is 4. The smallest absolute Gasteiger partial charge is 0.257 e. The quantitative estimate of drug-likeness (QED) is 0.925. The molecule has 1 fully saturated rings. The second kappa shape index (κ2) is 6.85. The number of amides is 1. The lowest BCUT2D eigenvalue weighted by Crippen LogP contribution is -2.40. The number of anilines is 2. The molecule has 2 aromatic rings. The van der Waals surface area contributed by atoms with Crippen molar-refractivity contribution < 1.29 is 9.53 Å². The Labute approximate surface area is 133 Å². The van der Waals surface area contributed by atoms with Gasteiger partial charge in [-0.3, -0.25) is 4.79 Å². The number of aromatic nitrogens is 2. The van der Waals surface area contributed by atoms with E-state index >= 15 is 0 Å². The zero-order valence-electron chi connectivity index (χ0n) is 12.4. The number of benzene rings is 1. The molecule has 1 aliphatic rings. The highest BCUT2D eigenvalue weighted by atomic mass is 16.5. The van der Waals surface area contributed by atoms with Crippen LogP contribution in [0.5, 0.6) is 0 Å². The summed E-state index contributed by atoms with van der Waals surface area (Å²) < 4.78 is 5.23. The second-order valence-electron chi connectivity index (χ2n) is 5.02. The molecule has 23 heavy (non-hydrogen) atoms. The molecule has 3 rings (SSSR count). The average molecular weight is 309 g/mol. The van der Waals surface area contributed by atoms with Gasteiger partial charge in [-0.2, -0.15) is 5.26 Å². The SMILES string of the molecule is N#Cc1cccc(Nc2ncc(C(=O)N3CCOCC3)cn2)c1. The molecule has 7 heteroatoms. The van der Waals surface area contributed by atoms with Crippen LogP contribution in [-0.4, -0.2) is 47.1 Å². The number of carbonyl (C=O) groups is 1. The first-order valence-electron chi connectivity index (χ1n) is 7.22. The number of hydrogen-bond donors (Lipinski definition) is 1. The zero-order chi connectivity index (χ0) is 16.1. The third-order valence-electron chi connectivity index (χ3n) is 3.44. The van der Waals surface area contributed by atoms with Crippen LogP contribution in [0.25, 0.3) is 0 Å². The highest BCUT2D eigenvalue weighted by molar-refractivity contribution is 5.93. The summed E-state index contributed by atoms with van der Waals surface area (Å²) in [5.41, 5.74) is 1.72. The molecule has 116 valence electrons. The van der Waals surface area contributed by atoms with Crippen molar-refractivity contribution in [1.29, 1.82) is 5.26 Å². The van der Waals surface area contributed by atoms with Gasteiger partial charge in [0.1, 0.15) is 0 Å². The lowest BCUT2D eigenvalue weighted by atomic mass is 10.2. The maximum absolute atomic E-state index is 12.3. The zero-order valence-corrected chi connectivity index (χ0v) is 12.4. The maximum atomic E-state index is 12.3. The monoisotopic (exact) mass is 309 g/mol. The first kappa shape index (κ1) is 14.9. The minimum absolute atomic E-state index is 0.0914. The van der Waals surface area contributed by atoms with Gasteiger partial charge in [0, 0.05) is 31.2 Å². The van der Waals surface area contributed by atoms with Gasteiger partial charge in [0.25, 0.3) is 5.91 Å². The largest absolute Gasteiger partial charge is 0.378 e. The minimum Gasteiger partial charge on any atom is -0.378 e. The van der Waals surface area contributed by atoms with Crippen LogP contribution in [-0.2, 0) is 4.74 Å². The summed E-state index contributed by atoms with van der Waals surface area (Å²) in [5.74, 6) is 0.282. The molecule has 0 aliphatic carbocycles. The molecule has 0 unspecified atom stereocenters. The normalized spacial score (nSPS) is 14.1. The lowest BCUT2D eigenvalue weighted by molar-refractivity contribution is 0.0302. The van der Waals surface area contributed by atoms with Crippen LogP contribution < -0.4 is 5.32 Å². The van der Waals surface area contributed by atoms with Crippen molar-refractivity contribution in [2.75, 3.05) is 31.6 Å². The molecule has 1 saturated heterocycles. The average Bonchev–Trinajstić information content (AvgIpc) is 2.63. The number of ether oxygens (including phenoxy) is 1. The van der Waals surface area contributed by atoms with Crippen LogP contribution in [0.1, 0.15) is 15.9 Å². The van der Waals surface area contributed by atoms with Crippen LogP contribution in [0.3, 0.4) is 0 Å². The fraction of sp³-hybridized carbons (Fsp3) is 0.250. The third kappa shape index (κ3) is 3.62. The summed E-state index contributed by atoms with van der Waals surface area (Å²) in [6.07, 6.45) is 3.00. The second-order valence-corrected chi connectivity index (χ2v) is 5.02. The fourth-order valence-electron chi connectivity index (χ4n) is 2.25. The number of hydrogen-bond acceptors (Lipinski definition) is 6. The fourth-order valence-corrected chi connectivity index (χ4v) is 2.25. The highest BCUT2D eigenvalue weighted by Gasteiger charge is 2.19. The van der Waals surface area contributed by atoms with E-state index in [0.717, 1.165) is 5.69 Å². The van der Waals surface area contributed by atoms with Crippen molar-refractivity contribution in [3.63, 3.8) is 0 Å². The van der Waals surface area contributed by atoms with Crippen LogP contribution >= 0.6 is 0 Å². The molecule has 0 spiro atoms. The van der Waals surface area contributed by atoms with E-state index < -0.39 is 0 Å². The van der Waals surface area contributed by atoms with Gasteiger partial charge in [-0.05, 0) is 18.2 Å². The van der Waals surface area contributed by atoms with E-state index in [2.05, 4.69) is 21.4 Å². The molecule has 7 nitrogen and oxygen atoms in total. The van der Waals surface area contributed by atoms with Gasteiger partial charge in [0.2, 0.25) is 5.95 Å². The number of carbonyl (C=O) groups excluding carboxylic acids is 1. The Balaban J connectivity index is 1.69. The van der Waals surface area contributed by atoms with Gasteiger partial charge >= 0.3 is 0 Å². The van der Waals surface area contributed by atoms with Crippen molar-refractivity contribution in [3.8, 4) is 6.07 Å². The Morgan fingerprint density at radius 1 is 1.26 bits per heavy atom. The maximum Gasteiger partial charge on any atom is 0.257 e. The first-order chi connectivity index (χ1) is 11.3. The van der Waals surface area contributed by atoms with Crippen LogP contribution in [0.4, 0.5) is 11.6 Å². The van der Waals surface area contributed by atoms with Gasteiger partial charge < -0.3 is 15.0 Å². The summed E-state index contributed by atoms with van der Waals surface area (Å²) in [6.45, 7) is 2.28. The predicted octanol–water partition coefficient (Wildman–Crippen LogP) is 1.56. The molecule has 1 amide bonds. The van der Waals surface area contributed by atoms with E-state index in [0.29, 0.717) is 43.4 Å². The molecular weight excluding hydrogens is 294 g/mol. The predicted molar refractivity (Wildman–Crippen MR) is 83.2 cm³/mol. The molecule has 1 aliphatic heterocycles. The van der Waals surface area contributed by atoms with Gasteiger partial charge in [0.05, 0.1) is 30.4 Å². The summed E-state index contributed by atoms with van der Waals surface area (Å²) in [6, 6.07) is 9.09. The van der Waals surface area contributed by atoms with E-state index in [1.54, 1.807) is 23.1 Å². The standard InChI is InChI=1S/C16H15N5O2/c17-9-12-2-1-3-14(8-12)20-16-18-10-13(11-19-16)15(22)21-4-6-23-7-5-21/h1-3,8,10-11H,4-7H2,(H,18,19,20). The minimum atomic E-state index is -0.0914. The Bertz CT molecular complexity index is 733. The van der Waals surface area contributed by atoms with Gasteiger partial charge in [-0.1, -0.05) is 6.07 Å². The lowest BCUT2D eigenvalue weighted by Gasteiger charge is -2.26. The van der Waals surface area contributed by atoms with E-state index in [1.807, 2.05) is 6.07 Å². The number of rotatable bonds is 3. The van der Waals surface area contributed by atoms with Crippen molar-refractivity contribution in [1.82, 2.24) is 14.9 Å². The van der Waals surface area contributed by atoms with Gasteiger partial charge in [0.15, 0.2) is 0 Å². The third-order valence-corrected chi connectivity index (χ3v) is 3.44. The summed E-state index contributed by atoms with van der Waals surface area (Å²) in [4.78, 5) is 22.3. The summed E-state index contributed by atoms with van der Waals surface area (Å²) in [5, 5.41) is 11.9. The first-order valence-corrected chi connectivity index (χ1v) is 7.22. The number of morpholine rings is 1. The number of nitriles is 1. The van der Waals surface area contributed by atoms with Crippen molar-refractivity contribution in [2.45, 2.75) is 0 Å². The van der Waals surface area contributed by atoms with E-state index in [1.165, 1.54) is 12.4 Å². The Hall–Kier alpha value is -2.98. The number of nitrogens with one attached hydrogen (secondary N) is 1. The van der Waals surface area contributed by atoms with Crippen molar-refractivity contribution >= 4 is 17.5 Å². The molecule has 0 bridgehead atoms. The molecule has 1 aromatic carbocycles. The topological polar surface area (TPSA) is 91.1 Å². The summed E-state index contributed by atoms with van der Waals surface area (Å²) >= 11 is 0. The van der Waals surface area contributed by atoms with Crippen LogP contribution in [0.15, 0.2) is 36.7 Å². The molecule has 1 aromatic heterocycles. The summed E-state index contributed by atoms with van der Waals surface area (Å²) in [7, 11) is 0. The molecule has 0 radical (unpaired) electrons. The Morgan fingerprint density at radius 2 is 2.00 bits per heavy atom. The molecular formula is C16H15N5O2. The van der Waals surface area contributed by atoms with Crippen LogP contribution in [0, 0.1) is 11.3 Å². The van der Waals surface area contributed by atoms with E-state index in [4.69, 9.17) is 10.00 Å².